The second-order valence-corrected chi connectivity index (χ2v) is 5.01. The molecule has 0 aliphatic rings. The number of aromatic amines is 1. The highest BCUT2D eigenvalue weighted by atomic mass is 32.2. The number of methoxy groups -OCH3 is 1. The molecule has 0 bridgehead atoms. The zero-order chi connectivity index (χ0) is 13.2. The lowest BCUT2D eigenvalue weighted by Crippen LogP contribution is -2.13. The first-order valence-electron chi connectivity index (χ1n) is 4.86. The molecule has 0 aliphatic carbocycles. The molecule has 0 atom stereocenters. The molecule has 0 radical (unpaired) electrons. The highest BCUT2D eigenvalue weighted by Gasteiger charge is 2.16. The van der Waals surface area contributed by atoms with Gasteiger partial charge in [-0.15, -0.1) is 5.10 Å². The summed E-state index contributed by atoms with van der Waals surface area (Å²) in [5.41, 5.74) is 5.29. The van der Waals surface area contributed by atoms with E-state index in [9.17, 15) is 8.42 Å². The average molecular weight is 269 g/mol. The number of anilines is 2. The topological polar surface area (TPSA) is 123 Å². The van der Waals surface area contributed by atoms with Crippen molar-refractivity contribution in [2.75, 3.05) is 17.6 Å². The van der Waals surface area contributed by atoms with E-state index >= 15 is 0 Å². The number of nitrogens with one attached hydrogen (secondary N) is 2. The Hall–Kier alpha value is -2.29. The second kappa shape index (κ2) is 4.53. The Balaban J connectivity index is 2.24. The Labute approximate surface area is 103 Å². The van der Waals surface area contributed by atoms with Crippen molar-refractivity contribution in [2.45, 2.75) is 4.90 Å². The van der Waals surface area contributed by atoms with Crippen LogP contribution in [0.1, 0.15) is 0 Å². The zero-order valence-electron chi connectivity index (χ0n) is 9.41. The standard InChI is InChI=1S/C9H11N5O3S/c1-17-6-2-4-7(5-3-6)18(15,16)14-9-11-8(10)12-13-9/h2-5H,1H3,(H4,10,11,12,13,14). The number of benzene rings is 1. The van der Waals surface area contributed by atoms with E-state index in [4.69, 9.17) is 10.5 Å². The highest BCUT2D eigenvalue weighted by Crippen LogP contribution is 2.17. The fourth-order valence-corrected chi connectivity index (χ4v) is 2.20. The van der Waals surface area contributed by atoms with E-state index < -0.39 is 10.0 Å². The fourth-order valence-electron chi connectivity index (χ4n) is 1.25. The number of H-pyrrole nitrogens is 1. The number of hydrogen-bond acceptors (Lipinski definition) is 6. The minimum Gasteiger partial charge on any atom is -0.497 e. The van der Waals surface area contributed by atoms with Gasteiger partial charge in [-0.25, -0.2) is 18.2 Å². The third-order valence-corrected chi connectivity index (χ3v) is 3.44. The van der Waals surface area contributed by atoms with Crippen LogP contribution in [0.3, 0.4) is 0 Å². The molecule has 96 valence electrons. The quantitative estimate of drug-likeness (QED) is 0.728. The Morgan fingerprint density at radius 1 is 1.33 bits per heavy atom. The van der Waals surface area contributed by atoms with Crippen molar-refractivity contribution in [3.63, 3.8) is 0 Å². The van der Waals surface area contributed by atoms with Gasteiger partial charge in [0.05, 0.1) is 12.0 Å². The third kappa shape index (κ3) is 2.51. The Bertz CT molecular complexity index is 634. The Morgan fingerprint density at radius 2 is 2.00 bits per heavy atom. The molecule has 2 aromatic rings. The number of ether oxygens (including phenoxy) is 1. The average Bonchev–Trinajstić information content (AvgIpc) is 2.74. The molecule has 4 N–H and O–H groups in total. The maximum absolute atomic E-state index is 11.9. The van der Waals surface area contributed by atoms with Crippen molar-refractivity contribution in [1.29, 1.82) is 0 Å². The number of nitrogens with zero attached hydrogens (tertiary/aromatic N) is 2. The van der Waals surface area contributed by atoms with Crippen molar-refractivity contribution in [3.05, 3.63) is 24.3 Å². The van der Waals surface area contributed by atoms with Gasteiger partial charge in [-0.1, -0.05) is 0 Å². The summed E-state index contributed by atoms with van der Waals surface area (Å²) < 4.78 is 31.0. The maximum atomic E-state index is 11.9. The smallest absolute Gasteiger partial charge is 0.264 e. The lowest BCUT2D eigenvalue weighted by atomic mass is 10.3. The van der Waals surface area contributed by atoms with Gasteiger partial charge in [0.2, 0.25) is 5.95 Å². The fraction of sp³-hybridized carbons (Fsp3) is 0.111. The molecule has 8 nitrogen and oxygen atoms in total. The van der Waals surface area contributed by atoms with Crippen LogP contribution in [0.4, 0.5) is 11.9 Å². The number of sulfonamides is 1. The van der Waals surface area contributed by atoms with Crippen LogP contribution < -0.4 is 15.2 Å². The maximum Gasteiger partial charge on any atom is 0.264 e. The molecular formula is C9H11N5O3S. The minimum absolute atomic E-state index is 0.0300. The van der Waals surface area contributed by atoms with Crippen molar-refractivity contribution >= 4 is 21.9 Å². The van der Waals surface area contributed by atoms with Crippen molar-refractivity contribution in [1.82, 2.24) is 15.2 Å². The number of aromatic nitrogens is 3. The Kier molecular flexibility index (Phi) is 3.06. The van der Waals surface area contributed by atoms with Gasteiger partial charge in [-0.3, -0.25) is 0 Å². The highest BCUT2D eigenvalue weighted by molar-refractivity contribution is 7.92. The summed E-state index contributed by atoms with van der Waals surface area (Å²) in [4.78, 5) is 3.73. The van der Waals surface area contributed by atoms with Gasteiger partial charge >= 0.3 is 0 Å². The van der Waals surface area contributed by atoms with E-state index in [0.29, 0.717) is 5.75 Å². The van der Waals surface area contributed by atoms with Gasteiger partial charge in [0.15, 0.2) is 0 Å². The first-order valence-corrected chi connectivity index (χ1v) is 6.34. The molecule has 1 aromatic carbocycles. The SMILES string of the molecule is COc1ccc(S(=O)(=O)Nc2n[nH]c(N)n2)cc1. The second-order valence-electron chi connectivity index (χ2n) is 3.33. The van der Waals surface area contributed by atoms with Gasteiger partial charge in [0.1, 0.15) is 5.75 Å². The van der Waals surface area contributed by atoms with Crippen molar-refractivity contribution in [3.8, 4) is 5.75 Å². The van der Waals surface area contributed by atoms with Crippen LogP contribution in [0, 0.1) is 0 Å². The van der Waals surface area contributed by atoms with Crippen LogP contribution in [0.25, 0.3) is 0 Å². The summed E-state index contributed by atoms with van der Waals surface area (Å²) in [5.74, 6) is 0.488. The molecule has 0 unspecified atom stereocenters. The predicted octanol–water partition coefficient (Wildman–Crippen LogP) is 0.196. The van der Waals surface area contributed by atoms with E-state index in [2.05, 4.69) is 19.9 Å². The van der Waals surface area contributed by atoms with Crippen LogP contribution in [-0.2, 0) is 10.0 Å². The molecule has 0 aliphatic heterocycles. The van der Waals surface area contributed by atoms with Crippen molar-refractivity contribution < 1.29 is 13.2 Å². The summed E-state index contributed by atoms with van der Waals surface area (Å²) in [6.45, 7) is 0. The summed E-state index contributed by atoms with van der Waals surface area (Å²) in [7, 11) is -2.23. The summed E-state index contributed by atoms with van der Waals surface area (Å²) in [6.07, 6.45) is 0. The molecule has 9 heteroatoms. The first-order chi connectivity index (χ1) is 8.51. The molecule has 0 amide bonds. The Morgan fingerprint density at radius 3 is 2.50 bits per heavy atom. The minimum atomic E-state index is -3.73. The molecular weight excluding hydrogens is 258 g/mol. The summed E-state index contributed by atoms with van der Waals surface area (Å²) >= 11 is 0. The molecule has 0 saturated carbocycles. The monoisotopic (exact) mass is 269 g/mol. The lowest BCUT2D eigenvalue weighted by Gasteiger charge is -2.05. The largest absolute Gasteiger partial charge is 0.497 e. The van der Waals surface area contributed by atoms with E-state index in [1.165, 1.54) is 19.2 Å². The number of hydrogen-bond donors (Lipinski definition) is 3. The number of rotatable bonds is 4. The van der Waals surface area contributed by atoms with E-state index in [0.717, 1.165) is 0 Å². The molecule has 0 fully saturated rings. The van der Waals surface area contributed by atoms with Gasteiger partial charge < -0.3 is 10.5 Å². The molecule has 1 aromatic heterocycles. The van der Waals surface area contributed by atoms with Gasteiger partial charge in [-0.2, -0.15) is 4.98 Å². The normalized spacial score (nSPS) is 11.2. The van der Waals surface area contributed by atoms with Crippen LogP contribution in [0.5, 0.6) is 5.75 Å². The summed E-state index contributed by atoms with van der Waals surface area (Å²) in [5, 5.41) is 5.91. The molecule has 18 heavy (non-hydrogen) atoms. The van der Waals surface area contributed by atoms with Crippen LogP contribution in [-0.4, -0.2) is 30.7 Å². The molecule has 1 heterocycles. The molecule has 0 saturated heterocycles. The first kappa shape index (κ1) is 12.2. The summed E-state index contributed by atoms with van der Waals surface area (Å²) in [6, 6.07) is 5.91. The lowest BCUT2D eigenvalue weighted by molar-refractivity contribution is 0.414. The third-order valence-electron chi connectivity index (χ3n) is 2.10. The number of nitrogens with two attached hydrogens (primary N) is 1. The van der Waals surface area contributed by atoms with Crippen LogP contribution in [0.2, 0.25) is 0 Å². The predicted molar refractivity (Wildman–Crippen MR) is 64.6 cm³/mol. The van der Waals surface area contributed by atoms with E-state index in [-0.39, 0.29) is 16.8 Å². The molecule has 2 rings (SSSR count). The van der Waals surface area contributed by atoms with Gasteiger partial charge in [0, 0.05) is 0 Å². The van der Waals surface area contributed by atoms with Crippen LogP contribution in [0.15, 0.2) is 29.2 Å². The van der Waals surface area contributed by atoms with E-state index in [1.54, 1.807) is 12.1 Å². The molecule has 0 spiro atoms. The van der Waals surface area contributed by atoms with Gasteiger partial charge in [-0.05, 0) is 24.3 Å². The van der Waals surface area contributed by atoms with Crippen molar-refractivity contribution in [2.24, 2.45) is 0 Å². The van der Waals surface area contributed by atoms with Gasteiger partial charge in [0.25, 0.3) is 16.0 Å². The number of nitrogen functional groups attached to an aromatic ring is 1. The zero-order valence-corrected chi connectivity index (χ0v) is 10.2. The van der Waals surface area contributed by atoms with Crippen LogP contribution >= 0.6 is 0 Å². The van der Waals surface area contributed by atoms with E-state index in [1.807, 2.05) is 0 Å².